The molecule has 0 saturated heterocycles. The summed E-state index contributed by atoms with van der Waals surface area (Å²) < 4.78 is 41.5. The Balaban J connectivity index is 3.39. The van der Waals surface area contributed by atoms with Gasteiger partial charge in [0.1, 0.15) is 0 Å². The molecule has 1 rings (SSSR count). The van der Waals surface area contributed by atoms with Crippen molar-refractivity contribution in [3.05, 3.63) is 27.7 Å². The fourth-order valence-corrected chi connectivity index (χ4v) is 2.48. The Labute approximate surface area is 113 Å². The van der Waals surface area contributed by atoms with Gasteiger partial charge in [-0.2, -0.15) is 18.4 Å². The van der Waals surface area contributed by atoms with Crippen molar-refractivity contribution in [3.8, 4) is 6.07 Å². The van der Waals surface area contributed by atoms with Crippen LogP contribution < -0.4 is 0 Å². The summed E-state index contributed by atoms with van der Waals surface area (Å²) in [7, 11) is 1.05. The van der Waals surface area contributed by atoms with Crippen LogP contribution in [0, 0.1) is 11.3 Å². The van der Waals surface area contributed by atoms with E-state index in [9.17, 15) is 18.0 Å². The van der Waals surface area contributed by atoms with E-state index in [1.54, 1.807) is 6.07 Å². The monoisotopic (exact) mass is 339 g/mol. The Morgan fingerprint density at radius 1 is 1.50 bits per heavy atom. The van der Waals surface area contributed by atoms with Gasteiger partial charge in [0.05, 0.1) is 24.3 Å². The summed E-state index contributed by atoms with van der Waals surface area (Å²) in [4.78, 5) is 11.1. The van der Waals surface area contributed by atoms with Crippen molar-refractivity contribution in [3.63, 3.8) is 0 Å². The second-order valence-corrected chi connectivity index (χ2v) is 4.92. The average Bonchev–Trinajstić information content (AvgIpc) is 2.28. The first-order valence-electron chi connectivity index (χ1n) is 4.36. The Bertz CT molecular complexity index is 525. The van der Waals surface area contributed by atoms with Crippen molar-refractivity contribution >= 4 is 33.7 Å². The van der Waals surface area contributed by atoms with Crippen molar-refractivity contribution < 1.29 is 22.7 Å². The summed E-state index contributed by atoms with van der Waals surface area (Å²) in [6, 6.07) is 4.02. The molecule has 8 heteroatoms. The van der Waals surface area contributed by atoms with Crippen LogP contribution in [0.4, 0.5) is 13.2 Å². The minimum Gasteiger partial charge on any atom is -0.465 e. The van der Waals surface area contributed by atoms with Crippen LogP contribution in [0.5, 0.6) is 0 Å². The van der Waals surface area contributed by atoms with Gasteiger partial charge in [0.2, 0.25) is 0 Å². The zero-order valence-electron chi connectivity index (χ0n) is 8.84. The van der Waals surface area contributed by atoms with E-state index in [-0.39, 0.29) is 20.5 Å². The van der Waals surface area contributed by atoms with Crippen molar-refractivity contribution in [1.29, 1.82) is 5.26 Å². The summed E-state index contributed by atoms with van der Waals surface area (Å²) in [5.41, 5.74) is -4.78. The molecule has 0 heterocycles. The van der Waals surface area contributed by atoms with Gasteiger partial charge in [0.15, 0.2) is 0 Å². The molecule has 0 fully saturated rings. The first-order valence-corrected chi connectivity index (χ1v) is 5.97. The van der Waals surface area contributed by atoms with Crippen LogP contribution in [0.25, 0.3) is 0 Å². The number of alkyl halides is 3. The largest absolute Gasteiger partial charge is 0.465 e. The molecule has 0 atom stereocenters. The maximum atomic E-state index is 12.4. The third-order valence-corrected chi connectivity index (χ3v) is 3.56. The fraction of sp³-hybridized carbons (Fsp3) is 0.200. The molecule has 0 aliphatic carbocycles. The predicted octanol–water partition coefficient (Wildman–Crippen LogP) is 3.72. The average molecular weight is 340 g/mol. The number of methoxy groups -OCH3 is 1. The van der Waals surface area contributed by atoms with Crippen molar-refractivity contribution in [2.75, 3.05) is 7.11 Å². The normalized spacial score (nSPS) is 10.9. The van der Waals surface area contributed by atoms with Gasteiger partial charge >= 0.3 is 11.5 Å². The molecule has 1 aromatic carbocycles. The van der Waals surface area contributed by atoms with E-state index in [4.69, 9.17) is 5.26 Å². The van der Waals surface area contributed by atoms with E-state index in [0.29, 0.717) is 0 Å². The molecule has 0 bridgehead atoms. The minimum atomic E-state index is -4.54. The lowest BCUT2D eigenvalue weighted by molar-refractivity contribution is -0.0328. The standard InChI is InChI=1S/C10H5BrF3NO2S/c1-17-9(16)6-2-5(4-15)3-7(11)8(6)18-10(12,13)14/h2-3H,1H3. The predicted molar refractivity (Wildman–Crippen MR) is 62.1 cm³/mol. The Morgan fingerprint density at radius 3 is 2.56 bits per heavy atom. The number of halogens is 4. The van der Waals surface area contributed by atoms with E-state index in [1.165, 1.54) is 6.07 Å². The maximum Gasteiger partial charge on any atom is 0.446 e. The van der Waals surface area contributed by atoms with Crippen molar-refractivity contribution in [1.82, 2.24) is 0 Å². The third-order valence-electron chi connectivity index (χ3n) is 1.80. The second kappa shape index (κ2) is 5.63. The first kappa shape index (κ1) is 14.9. The van der Waals surface area contributed by atoms with Crippen LogP contribution in [-0.4, -0.2) is 18.6 Å². The number of hydrogen-bond acceptors (Lipinski definition) is 4. The number of esters is 1. The molecule has 0 aliphatic heterocycles. The SMILES string of the molecule is COC(=O)c1cc(C#N)cc(Br)c1SC(F)(F)F. The van der Waals surface area contributed by atoms with Gasteiger partial charge in [-0.05, 0) is 39.8 Å². The number of ether oxygens (including phenoxy) is 1. The van der Waals surface area contributed by atoms with Gasteiger partial charge in [0.25, 0.3) is 0 Å². The van der Waals surface area contributed by atoms with Crippen LogP contribution >= 0.6 is 27.7 Å². The topological polar surface area (TPSA) is 50.1 Å². The minimum absolute atomic E-state index is 0.0178. The Hall–Kier alpha value is -1.20. The molecule has 0 N–H and O–H groups in total. The zero-order valence-corrected chi connectivity index (χ0v) is 11.2. The van der Waals surface area contributed by atoms with Gasteiger partial charge in [-0.25, -0.2) is 4.79 Å². The molecule has 0 aromatic heterocycles. The molecule has 0 amide bonds. The van der Waals surface area contributed by atoms with Crippen LogP contribution in [-0.2, 0) is 4.74 Å². The molecule has 0 unspecified atom stereocenters. The van der Waals surface area contributed by atoms with Crippen LogP contribution in [0.2, 0.25) is 0 Å². The molecule has 18 heavy (non-hydrogen) atoms. The highest BCUT2D eigenvalue weighted by molar-refractivity contribution is 9.10. The second-order valence-electron chi connectivity index (χ2n) is 2.99. The van der Waals surface area contributed by atoms with E-state index >= 15 is 0 Å². The highest BCUT2D eigenvalue weighted by Gasteiger charge is 2.33. The lowest BCUT2D eigenvalue weighted by Gasteiger charge is -2.12. The molecule has 0 saturated carbocycles. The smallest absolute Gasteiger partial charge is 0.446 e. The van der Waals surface area contributed by atoms with Gasteiger partial charge in [-0.15, -0.1) is 0 Å². The number of nitrogens with zero attached hydrogens (tertiary/aromatic N) is 1. The van der Waals surface area contributed by atoms with Gasteiger partial charge in [0, 0.05) is 9.37 Å². The summed E-state index contributed by atoms with van der Waals surface area (Å²) in [5.74, 6) is -0.931. The molecular formula is C10H5BrF3NO2S. The highest BCUT2D eigenvalue weighted by atomic mass is 79.9. The molecule has 1 aromatic rings. The van der Waals surface area contributed by atoms with E-state index in [1.807, 2.05) is 0 Å². The van der Waals surface area contributed by atoms with Crippen molar-refractivity contribution in [2.45, 2.75) is 10.4 Å². The number of benzene rings is 1. The number of hydrogen-bond donors (Lipinski definition) is 0. The maximum absolute atomic E-state index is 12.4. The molecule has 3 nitrogen and oxygen atoms in total. The van der Waals surface area contributed by atoms with Crippen LogP contribution in [0.1, 0.15) is 15.9 Å². The molecule has 0 aliphatic rings. The Kier molecular flexibility index (Phi) is 4.65. The fourth-order valence-electron chi connectivity index (χ4n) is 1.14. The van der Waals surface area contributed by atoms with Gasteiger partial charge in [-0.3, -0.25) is 0 Å². The van der Waals surface area contributed by atoms with Gasteiger partial charge in [-0.1, -0.05) is 0 Å². The number of carbonyl (C=O) groups excluding carboxylic acids is 1. The van der Waals surface area contributed by atoms with Gasteiger partial charge < -0.3 is 4.74 Å². The van der Waals surface area contributed by atoms with E-state index in [0.717, 1.165) is 13.2 Å². The lowest BCUT2D eigenvalue weighted by Crippen LogP contribution is -2.08. The summed E-state index contributed by atoms with van der Waals surface area (Å²) >= 11 is 2.47. The summed E-state index contributed by atoms with van der Waals surface area (Å²) in [5, 5.41) is 8.71. The van der Waals surface area contributed by atoms with E-state index < -0.39 is 23.2 Å². The number of rotatable bonds is 2. The van der Waals surface area contributed by atoms with Crippen molar-refractivity contribution in [2.24, 2.45) is 0 Å². The molecule has 96 valence electrons. The third kappa shape index (κ3) is 3.65. The van der Waals surface area contributed by atoms with Crippen LogP contribution in [0.15, 0.2) is 21.5 Å². The zero-order chi connectivity index (χ0) is 13.9. The van der Waals surface area contributed by atoms with Crippen LogP contribution in [0.3, 0.4) is 0 Å². The molecule has 0 spiro atoms. The number of thioether (sulfide) groups is 1. The van der Waals surface area contributed by atoms with E-state index in [2.05, 4.69) is 20.7 Å². The highest BCUT2D eigenvalue weighted by Crippen LogP contribution is 2.42. The quantitative estimate of drug-likeness (QED) is 0.608. The summed E-state index contributed by atoms with van der Waals surface area (Å²) in [6.07, 6.45) is 0. The molecule has 0 radical (unpaired) electrons. The number of carbonyl (C=O) groups is 1. The lowest BCUT2D eigenvalue weighted by atomic mass is 10.1. The molecular weight excluding hydrogens is 335 g/mol. The Morgan fingerprint density at radius 2 is 2.11 bits per heavy atom. The summed E-state index contributed by atoms with van der Waals surface area (Å²) in [6.45, 7) is 0. The first-order chi connectivity index (χ1) is 8.28. The number of nitriles is 1.